The van der Waals surface area contributed by atoms with Crippen LogP contribution in [-0.4, -0.2) is 17.4 Å². The van der Waals surface area contributed by atoms with Crippen LogP contribution in [0.4, 0.5) is 5.69 Å². The molecule has 0 aliphatic rings. The highest BCUT2D eigenvalue weighted by Gasteiger charge is 2.21. The van der Waals surface area contributed by atoms with Gasteiger partial charge >= 0.3 is 0 Å². The van der Waals surface area contributed by atoms with Crippen LogP contribution in [-0.2, 0) is 4.79 Å². The molecule has 0 N–H and O–H groups in total. The first-order chi connectivity index (χ1) is 10.1. The molecule has 2 aromatic rings. The molecule has 4 heteroatoms. The molecular formula is C17H22N2O2. The molecule has 0 radical (unpaired) electrons. The number of amides is 1. The minimum absolute atomic E-state index is 0.0350. The molecule has 0 saturated heterocycles. The van der Waals surface area contributed by atoms with Gasteiger partial charge in [0, 0.05) is 18.0 Å². The van der Waals surface area contributed by atoms with Crippen molar-refractivity contribution < 1.29 is 9.21 Å². The van der Waals surface area contributed by atoms with E-state index in [0.29, 0.717) is 0 Å². The van der Waals surface area contributed by atoms with Gasteiger partial charge in [0.05, 0.1) is 5.69 Å². The fourth-order valence-electron chi connectivity index (χ4n) is 2.25. The summed E-state index contributed by atoms with van der Waals surface area (Å²) in [4.78, 5) is 18.6. The second-order valence-electron chi connectivity index (χ2n) is 5.39. The number of rotatable bonds is 6. The van der Waals surface area contributed by atoms with Gasteiger partial charge < -0.3 is 9.32 Å². The van der Waals surface area contributed by atoms with E-state index in [4.69, 9.17) is 4.42 Å². The summed E-state index contributed by atoms with van der Waals surface area (Å²) in [5.41, 5.74) is 2.58. The van der Waals surface area contributed by atoms with Crippen molar-refractivity contribution >= 4 is 11.6 Å². The molecule has 0 spiro atoms. The number of anilines is 1. The van der Waals surface area contributed by atoms with E-state index in [0.717, 1.165) is 36.3 Å². The van der Waals surface area contributed by atoms with Gasteiger partial charge in [-0.25, -0.2) is 4.98 Å². The van der Waals surface area contributed by atoms with Gasteiger partial charge in [-0.2, -0.15) is 0 Å². The van der Waals surface area contributed by atoms with Gasteiger partial charge in [-0.05, 0) is 12.5 Å². The van der Waals surface area contributed by atoms with E-state index in [2.05, 4.69) is 11.9 Å². The molecule has 0 aliphatic carbocycles. The summed E-state index contributed by atoms with van der Waals surface area (Å²) in [6, 6.07) is 7.84. The van der Waals surface area contributed by atoms with Crippen molar-refractivity contribution in [1.82, 2.24) is 4.98 Å². The van der Waals surface area contributed by atoms with Crippen LogP contribution in [0.1, 0.15) is 33.6 Å². The van der Waals surface area contributed by atoms with Gasteiger partial charge in [0.2, 0.25) is 5.91 Å². The number of carbonyl (C=O) groups excluding carboxylic acids is 1. The average Bonchev–Trinajstić information content (AvgIpc) is 3.02. The molecule has 4 nitrogen and oxygen atoms in total. The summed E-state index contributed by atoms with van der Waals surface area (Å²) in [5, 5.41) is 0. The fourth-order valence-corrected chi connectivity index (χ4v) is 2.25. The summed E-state index contributed by atoms with van der Waals surface area (Å²) in [5.74, 6) is 0.103. The number of unbranched alkanes of at least 4 members (excludes halogenated alkanes) is 1. The van der Waals surface area contributed by atoms with E-state index >= 15 is 0 Å². The Kier molecular flexibility index (Phi) is 5.14. The van der Waals surface area contributed by atoms with Crippen LogP contribution in [0.2, 0.25) is 0 Å². The molecule has 1 aromatic carbocycles. The van der Waals surface area contributed by atoms with Gasteiger partial charge in [-0.15, -0.1) is 0 Å². The molecule has 2 rings (SSSR count). The van der Waals surface area contributed by atoms with Gasteiger partial charge in [0.1, 0.15) is 12.0 Å². The lowest BCUT2D eigenvalue weighted by Crippen LogP contribution is -2.35. The lowest BCUT2D eigenvalue weighted by atomic mass is 10.1. The number of hydrogen-bond donors (Lipinski definition) is 0. The van der Waals surface area contributed by atoms with Crippen molar-refractivity contribution in [3.63, 3.8) is 0 Å². The topological polar surface area (TPSA) is 46.3 Å². The average molecular weight is 286 g/mol. The smallest absolute Gasteiger partial charge is 0.229 e. The molecule has 112 valence electrons. The van der Waals surface area contributed by atoms with E-state index in [1.807, 2.05) is 43.0 Å². The van der Waals surface area contributed by atoms with Crippen LogP contribution in [0.25, 0.3) is 11.3 Å². The SMILES string of the molecule is CCCCN(C(=O)C(C)C)c1ccccc1-c1cocn1. The molecule has 0 unspecified atom stereocenters. The lowest BCUT2D eigenvalue weighted by Gasteiger charge is -2.26. The third-order valence-electron chi connectivity index (χ3n) is 3.40. The second-order valence-corrected chi connectivity index (χ2v) is 5.39. The Morgan fingerprint density at radius 3 is 2.71 bits per heavy atom. The van der Waals surface area contributed by atoms with Gasteiger partial charge in [-0.1, -0.05) is 45.4 Å². The van der Waals surface area contributed by atoms with Crippen LogP contribution in [0.15, 0.2) is 41.3 Å². The Bertz CT molecular complexity index is 576. The van der Waals surface area contributed by atoms with Gasteiger partial charge in [-0.3, -0.25) is 4.79 Å². The Labute approximate surface area is 125 Å². The van der Waals surface area contributed by atoms with Crippen molar-refractivity contribution in [2.45, 2.75) is 33.6 Å². The monoisotopic (exact) mass is 286 g/mol. The number of carbonyl (C=O) groups is 1. The highest BCUT2D eigenvalue weighted by atomic mass is 16.3. The standard InChI is InChI=1S/C17H22N2O2/c1-4-5-10-19(17(20)13(2)3)16-9-7-6-8-14(16)15-11-21-12-18-15/h6-9,11-13H,4-5,10H2,1-3H3. The Balaban J connectivity index is 2.42. The van der Waals surface area contributed by atoms with E-state index in [1.165, 1.54) is 6.39 Å². The largest absolute Gasteiger partial charge is 0.451 e. The molecule has 21 heavy (non-hydrogen) atoms. The van der Waals surface area contributed by atoms with E-state index < -0.39 is 0 Å². The Hall–Kier alpha value is -2.10. The zero-order valence-corrected chi connectivity index (χ0v) is 12.9. The maximum absolute atomic E-state index is 12.6. The summed E-state index contributed by atoms with van der Waals surface area (Å²) in [6.07, 6.45) is 5.04. The van der Waals surface area contributed by atoms with Crippen molar-refractivity contribution in [2.75, 3.05) is 11.4 Å². The summed E-state index contributed by atoms with van der Waals surface area (Å²) in [7, 11) is 0. The highest BCUT2D eigenvalue weighted by Crippen LogP contribution is 2.30. The number of para-hydroxylation sites is 1. The third kappa shape index (κ3) is 3.51. The lowest BCUT2D eigenvalue weighted by molar-refractivity contribution is -0.121. The molecule has 1 heterocycles. The van der Waals surface area contributed by atoms with Crippen LogP contribution in [0, 0.1) is 5.92 Å². The maximum Gasteiger partial charge on any atom is 0.229 e. The number of aromatic nitrogens is 1. The first-order valence-electron chi connectivity index (χ1n) is 7.44. The van der Waals surface area contributed by atoms with Gasteiger partial charge in [0.25, 0.3) is 0 Å². The Morgan fingerprint density at radius 2 is 2.10 bits per heavy atom. The van der Waals surface area contributed by atoms with Gasteiger partial charge in [0.15, 0.2) is 6.39 Å². The van der Waals surface area contributed by atoms with E-state index in [1.54, 1.807) is 6.26 Å². The minimum Gasteiger partial charge on any atom is -0.451 e. The fraction of sp³-hybridized carbons (Fsp3) is 0.412. The zero-order chi connectivity index (χ0) is 15.2. The summed E-state index contributed by atoms with van der Waals surface area (Å²) >= 11 is 0. The molecule has 0 atom stereocenters. The van der Waals surface area contributed by atoms with Crippen molar-refractivity contribution in [3.05, 3.63) is 36.9 Å². The van der Waals surface area contributed by atoms with Crippen LogP contribution in [0.5, 0.6) is 0 Å². The quantitative estimate of drug-likeness (QED) is 0.802. The summed E-state index contributed by atoms with van der Waals surface area (Å²) < 4.78 is 5.08. The molecule has 0 saturated carbocycles. The number of hydrogen-bond acceptors (Lipinski definition) is 3. The van der Waals surface area contributed by atoms with E-state index in [-0.39, 0.29) is 11.8 Å². The minimum atomic E-state index is -0.0350. The first kappa shape index (κ1) is 15.3. The normalized spacial score (nSPS) is 10.9. The molecule has 0 aliphatic heterocycles. The third-order valence-corrected chi connectivity index (χ3v) is 3.40. The zero-order valence-electron chi connectivity index (χ0n) is 12.9. The van der Waals surface area contributed by atoms with Crippen LogP contribution in [0.3, 0.4) is 0 Å². The molecule has 1 amide bonds. The number of benzene rings is 1. The van der Waals surface area contributed by atoms with Crippen LogP contribution < -0.4 is 4.90 Å². The predicted octanol–water partition coefficient (Wildman–Crippen LogP) is 4.13. The molecule has 0 fully saturated rings. The number of nitrogens with zero attached hydrogens (tertiary/aromatic N) is 2. The maximum atomic E-state index is 12.6. The second kappa shape index (κ2) is 7.07. The Morgan fingerprint density at radius 1 is 1.33 bits per heavy atom. The number of oxazole rings is 1. The summed E-state index contributed by atoms with van der Waals surface area (Å²) in [6.45, 7) is 6.71. The first-order valence-corrected chi connectivity index (χ1v) is 7.44. The van der Waals surface area contributed by atoms with Crippen LogP contribution >= 0.6 is 0 Å². The van der Waals surface area contributed by atoms with Crippen molar-refractivity contribution in [3.8, 4) is 11.3 Å². The highest BCUT2D eigenvalue weighted by molar-refractivity contribution is 5.98. The van der Waals surface area contributed by atoms with Crippen molar-refractivity contribution in [1.29, 1.82) is 0 Å². The molecular weight excluding hydrogens is 264 g/mol. The molecule has 0 bridgehead atoms. The predicted molar refractivity (Wildman–Crippen MR) is 84.0 cm³/mol. The van der Waals surface area contributed by atoms with Crippen molar-refractivity contribution in [2.24, 2.45) is 5.92 Å². The molecule has 1 aromatic heterocycles. The van der Waals surface area contributed by atoms with E-state index in [9.17, 15) is 4.79 Å².